The summed E-state index contributed by atoms with van der Waals surface area (Å²) in [6.45, 7) is 3.13. The average molecular weight is 495 g/mol. The number of nitrogens with zero attached hydrogens (tertiary/aromatic N) is 9. The lowest BCUT2D eigenvalue weighted by molar-refractivity contribution is -0.118. The van der Waals surface area contributed by atoms with Crippen molar-refractivity contribution in [2.24, 2.45) is 7.05 Å². The van der Waals surface area contributed by atoms with Gasteiger partial charge in [-0.2, -0.15) is 5.10 Å². The number of carbonyl (C=O) groups is 1. The molecular weight excluding hydrogens is 472 g/mol. The molecule has 11 nitrogen and oxygen atoms in total. The predicted octanol–water partition coefficient (Wildman–Crippen LogP) is 2.47. The van der Waals surface area contributed by atoms with Crippen LogP contribution in [0.2, 0.25) is 0 Å². The van der Waals surface area contributed by atoms with Crippen molar-refractivity contribution in [3.8, 4) is 11.6 Å². The van der Waals surface area contributed by atoms with Crippen molar-refractivity contribution in [2.75, 3.05) is 29.4 Å². The Kier molecular flexibility index (Phi) is 6.27. The summed E-state index contributed by atoms with van der Waals surface area (Å²) in [5, 5.41) is 20.8. The summed E-state index contributed by atoms with van der Waals surface area (Å²) >= 11 is 0. The molecule has 0 bridgehead atoms. The number of anilines is 2. The average Bonchev–Trinajstić information content (AvgIpc) is 3.48. The van der Waals surface area contributed by atoms with Gasteiger partial charge in [-0.3, -0.25) is 14.4 Å². The molecule has 0 saturated carbocycles. The van der Waals surface area contributed by atoms with Gasteiger partial charge < -0.3 is 9.64 Å². The predicted molar refractivity (Wildman–Crippen MR) is 125 cm³/mol. The van der Waals surface area contributed by atoms with E-state index in [0.717, 1.165) is 0 Å². The van der Waals surface area contributed by atoms with Gasteiger partial charge in [0.05, 0.1) is 17.9 Å². The first-order chi connectivity index (χ1) is 17.4. The van der Waals surface area contributed by atoms with E-state index in [1.165, 1.54) is 12.1 Å². The Bertz CT molecular complexity index is 1350. The van der Waals surface area contributed by atoms with E-state index in [1.807, 2.05) is 11.9 Å². The number of alkyl halides is 2. The van der Waals surface area contributed by atoms with Gasteiger partial charge in [0.2, 0.25) is 11.8 Å². The molecule has 0 atom stereocenters. The van der Waals surface area contributed by atoms with Crippen LogP contribution < -0.4 is 14.5 Å². The monoisotopic (exact) mass is 495 g/mol. The number of halogens is 2. The molecule has 4 heterocycles. The second-order valence-corrected chi connectivity index (χ2v) is 8.26. The number of hydrogen-bond donors (Lipinski definition) is 0. The van der Waals surface area contributed by atoms with E-state index < -0.39 is 6.43 Å². The lowest BCUT2D eigenvalue weighted by atomic mass is 10.2. The SMILES string of the molecule is Cc1nnn(-c2ccc(C(F)F)cc2)c1COc1ccc(N2CCN(c3ccn(C)n3)C(=O)C2)nn1. The third-order valence-electron chi connectivity index (χ3n) is 5.85. The second-order valence-electron chi connectivity index (χ2n) is 8.26. The number of aromatic nitrogens is 7. The van der Waals surface area contributed by atoms with Gasteiger partial charge in [-0.05, 0) is 25.1 Å². The molecule has 1 fully saturated rings. The van der Waals surface area contributed by atoms with Gasteiger partial charge in [0.1, 0.15) is 12.3 Å². The molecule has 0 spiro atoms. The molecule has 0 N–H and O–H groups in total. The number of amides is 1. The van der Waals surface area contributed by atoms with Crippen LogP contribution in [0, 0.1) is 6.92 Å². The zero-order chi connectivity index (χ0) is 25.2. The molecule has 1 aliphatic rings. The highest BCUT2D eigenvalue weighted by atomic mass is 19.3. The molecule has 13 heteroatoms. The van der Waals surface area contributed by atoms with Crippen molar-refractivity contribution in [1.29, 1.82) is 0 Å². The van der Waals surface area contributed by atoms with Crippen molar-refractivity contribution in [3.63, 3.8) is 0 Å². The topological polar surface area (TPSA) is 107 Å². The summed E-state index contributed by atoms with van der Waals surface area (Å²) in [6.07, 6.45) is -0.740. The minimum atomic E-state index is -2.54. The molecule has 36 heavy (non-hydrogen) atoms. The number of hydrogen-bond acceptors (Lipinski definition) is 8. The number of benzene rings is 1. The van der Waals surface area contributed by atoms with E-state index >= 15 is 0 Å². The first kappa shape index (κ1) is 23.3. The van der Waals surface area contributed by atoms with E-state index in [2.05, 4.69) is 25.6 Å². The van der Waals surface area contributed by atoms with Gasteiger partial charge in [-0.15, -0.1) is 15.3 Å². The summed E-state index contributed by atoms with van der Waals surface area (Å²) in [5.41, 5.74) is 1.82. The first-order valence-corrected chi connectivity index (χ1v) is 11.2. The Morgan fingerprint density at radius 3 is 2.44 bits per heavy atom. The largest absolute Gasteiger partial charge is 0.470 e. The molecule has 4 aromatic rings. The molecule has 1 aliphatic heterocycles. The molecular formula is C23H23F2N9O2. The summed E-state index contributed by atoms with van der Waals surface area (Å²) in [4.78, 5) is 16.1. The number of rotatable bonds is 7. The normalized spacial score (nSPS) is 14.1. The molecule has 5 rings (SSSR count). The highest BCUT2D eigenvalue weighted by Crippen LogP contribution is 2.22. The lowest BCUT2D eigenvalue weighted by Gasteiger charge is -2.33. The highest BCUT2D eigenvalue weighted by molar-refractivity contribution is 5.96. The minimum Gasteiger partial charge on any atom is -0.470 e. The Morgan fingerprint density at radius 1 is 1.00 bits per heavy atom. The zero-order valence-corrected chi connectivity index (χ0v) is 19.6. The van der Waals surface area contributed by atoms with Crippen LogP contribution >= 0.6 is 0 Å². The first-order valence-electron chi connectivity index (χ1n) is 11.2. The number of aryl methyl sites for hydroxylation is 2. The fraction of sp³-hybridized carbons (Fsp3) is 0.304. The maximum absolute atomic E-state index is 12.9. The van der Waals surface area contributed by atoms with Crippen LogP contribution in [0.1, 0.15) is 23.4 Å². The highest BCUT2D eigenvalue weighted by Gasteiger charge is 2.27. The van der Waals surface area contributed by atoms with Gasteiger partial charge in [0.15, 0.2) is 11.6 Å². The minimum absolute atomic E-state index is 0.0661. The van der Waals surface area contributed by atoms with E-state index in [4.69, 9.17) is 4.74 Å². The van der Waals surface area contributed by atoms with E-state index in [1.54, 1.807) is 57.7 Å². The van der Waals surface area contributed by atoms with Crippen molar-refractivity contribution in [1.82, 2.24) is 35.0 Å². The number of carbonyl (C=O) groups excluding carboxylic acids is 1. The van der Waals surface area contributed by atoms with Gasteiger partial charge in [0.25, 0.3) is 6.43 Å². The maximum atomic E-state index is 12.9. The molecule has 0 radical (unpaired) electrons. The van der Waals surface area contributed by atoms with E-state index in [-0.39, 0.29) is 30.5 Å². The third-order valence-corrected chi connectivity index (χ3v) is 5.85. The zero-order valence-electron chi connectivity index (χ0n) is 19.6. The van der Waals surface area contributed by atoms with Gasteiger partial charge >= 0.3 is 0 Å². The summed E-state index contributed by atoms with van der Waals surface area (Å²) in [6, 6.07) is 11.1. The fourth-order valence-corrected chi connectivity index (χ4v) is 3.87. The molecule has 1 saturated heterocycles. The van der Waals surface area contributed by atoms with Crippen LogP contribution in [-0.2, 0) is 18.4 Å². The van der Waals surface area contributed by atoms with Crippen LogP contribution in [0.5, 0.6) is 5.88 Å². The van der Waals surface area contributed by atoms with Crippen LogP contribution in [0.3, 0.4) is 0 Å². The molecule has 0 aliphatic carbocycles. The standard InChI is InChI=1S/C23H23F2N9O2/c1-15-18(34(30-26-15)17-5-3-16(4-6-17)23(24)25)14-36-21-8-7-19(27-28-21)32-11-12-33(22(35)13-32)20-9-10-31(2)29-20/h3-10,23H,11-14H2,1-2H3. The van der Waals surface area contributed by atoms with Crippen molar-refractivity contribution in [3.05, 3.63) is 65.6 Å². The third kappa shape index (κ3) is 4.72. The molecule has 0 unspecified atom stereocenters. The van der Waals surface area contributed by atoms with E-state index in [9.17, 15) is 13.6 Å². The van der Waals surface area contributed by atoms with Crippen molar-refractivity contribution in [2.45, 2.75) is 20.0 Å². The Morgan fingerprint density at radius 2 is 1.81 bits per heavy atom. The van der Waals surface area contributed by atoms with Crippen LogP contribution in [0.4, 0.5) is 20.4 Å². The van der Waals surface area contributed by atoms with Crippen LogP contribution in [0.25, 0.3) is 5.69 Å². The second kappa shape index (κ2) is 9.68. The number of piperazine rings is 1. The molecule has 1 aromatic carbocycles. The molecule has 3 aromatic heterocycles. The fourth-order valence-electron chi connectivity index (χ4n) is 3.87. The summed E-state index contributed by atoms with van der Waals surface area (Å²) in [7, 11) is 1.81. The van der Waals surface area contributed by atoms with Crippen LogP contribution in [0.15, 0.2) is 48.7 Å². The van der Waals surface area contributed by atoms with Crippen molar-refractivity contribution >= 4 is 17.5 Å². The Hall–Kier alpha value is -4.42. The Labute approximate surface area is 204 Å². The summed E-state index contributed by atoms with van der Waals surface area (Å²) < 4.78 is 34.7. The number of ether oxygens (including phenoxy) is 1. The van der Waals surface area contributed by atoms with Crippen LogP contribution in [-0.4, -0.2) is 60.5 Å². The van der Waals surface area contributed by atoms with E-state index in [0.29, 0.717) is 41.8 Å². The van der Waals surface area contributed by atoms with Gasteiger partial charge in [-0.1, -0.05) is 17.3 Å². The lowest BCUT2D eigenvalue weighted by Crippen LogP contribution is -2.51. The smallest absolute Gasteiger partial charge is 0.263 e. The van der Waals surface area contributed by atoms with Crippen molar-refractivity contribution < 1.29 is 18.3 Å². The maximum Gasteiger partial charge on any atom is 0.263 e. The van der Waals surface area contributed by atoms with Gasteiger partial charge in [0, 0.05) is 44.0 Å². The Balaban J connectivity index is 1.22. The summed E-state index contributed by atoms with van der Waals surface area (Å²) in [5.74, 6) is 1.42. The molecule has 186 valence electrons. The quantitative estimate of drug-likeness (QED) is 0.385. The van der Waals surface area contributed by atoms with Gasteiger partial charge in [-0.25, -0.2) is 13.5 Å². The molecule has 1 amide bonds.